The molecule has 0 atom stereocenters. The molecule has 0 unspecified atom stereocenters. The highest BCUT2D eigenvalue weighted by molar-refractivity contribution is 6.04. The van der Waals surface area contributed by atoms with Crippen molar-refractivity contribution in [2.45, 2.75) is 6.61 Å². The van der Waals surface area contributed by atoms with Crippen LogP contribution < -0.4 is 15.0 Å². The van der Waals surface area contributed by atoms with Gasteiger partial charge in [-0.1, -0.05) is 12.1 Å². The quantitative estimate of drug-likeness (QED) is 0.697. The van der Waals surface area contributed by atoms with Crippen molar-refractivity contribution < 1.29 is 14.3 Å². The third-order valence-corrected chi connectivity index (χ3v) is 4.59. The number of rotatable bonds is 6. The normalized spacial score (nSPS) is 13.7. The van der Waals surface area contributed by atoms with E-state index in [2.05, 4.69) is 20.2 Å². The van der Waals surface area contributed by atoms with Gasteiger partial charge in [-0.25, -0.2) is 4.98 Å². The van der Waals surface area contributed by atoms with Crippen LogP contribution in [0.3, 0.4) is 0 Å². The van der Waals surface area contributed by atoms with Crippen LogP contribution in [0.25, 0.3) is 0 Å². The molecule has 1 aliphatic heterocycles. The first-order valence-electron chi connectivity index (χ1n) is 9.50. The summed E-state index contributed by atoms with van der Waals surface area (Å²) in [5, 5.41) is 2.83. The van der Waals surface area contributed by atoms with Gasteiger partial charge in [0.2, 0.25) is 0 Å². The standard InChI is InChI=1S/C22H22N4O3/c27-22(25-21-7-6-19(15-24-21)26-9-11-28-12-10-26)18-4-1-5-20(13-18)29-16-17-3-2-8-23-14-17/h1-8,13-15H,9-12,16H2,(H,24,25,27). The summed E-state index contributed by atoms with van der Waals surface area (Å²) in [5.41, 5.74) is 2.50. The van der Waals surface area contributed by atoms with Crippen molar-refractivity contribution in [3.05, 3.63) is 78.2 Å². The number of nitrogens with one attached hydrogen (secondary N) is 1. The maximum absolute atomic E-state index is 12.6. The molecule has 29 heavy (non-hydrogen) atoms. The first-order chi connectivity index (χ1) is 14.3. The van der Waals surface area contributed by atoms with Crippen LogP contribution in [-0.2, 0) is 11.3 Å². The van der Waals surface area contributed by atoms with Crippen molar-refractivity contribution in [1.29, 1.82) is 0 Å². The van der Waals surface area contributed by atoms with Crippen molar-refractivity contribution in [2.75, 3.05) is 36.5 Å². The van der Waals surface area contributed by atoms with E-state index in [0.29, 0.717) is 23.7 Å². The van der Waals surface area contributed by atoms with Gasteiger partial charge >= 0.3 is 0 Å². The van der Waals surface area contributed by atoms with Crippen LogP contribution in [-0.4, -0.2) is 42.2 Å². The molecule has 148 valence electrons. The Hall–Kier alpha value is -3.45. The van der Waals surface area contributed by atoms with Gasteiger partial charge in [-0.3, -0.25) is 9.78 Å². The molecule has 7 heteroatoms. The second kappa shape index (κ2) is 9.16. The Morgan fingerprint density at radius 2 is 2.00 bits per heavy atom. The van der Waals surface area contributed by atoms with Crippen molar-refractivity contribution in [1.82, 2.24) is 9.97 Å². The van der Waals surface area contributed by atoms with Gasteiger partial charge in [-0.05, 0) is 36.4 Å². The van der Waals surface area contributed by atoms with Gasteiger partial charge in [0.05, 0.1) is 25.1 Å². The van der Waals surface area contributed by atoms with E-state index in [1.54, 1.807) is 36.8 Å². The van der Waals surface area contributed by atoms with Crippen LogP contribution in [0.4, 0.5) is 11.5 Å². The molecule has 1 fully saturated rings. The van der Waals surface area contributed by atoms with Crippen molar-refractivity contribution in [3.8, 4) is 5.75 Å². The topological polar surface area (TPSA) is 76.6 Å². The Bertz CT molecular complexity index is 942. The molecule has 1 aliphatic rings. The largest absolute Gasteiger partial charge is 0.489 e. The monoisotopic (exact) mass is 390 g/mol. The van der Waals surface area contributed by atoms with Crippen LogP contribution in [0.2, 0.25) is 0 Å². The van der Waals surface area contributed by atoms with Crippen molar-refractivity contribution in [2.24, 2.45) is 0 Å². The summed E-state index contributed by atoms with van der Waals surface area (Å²) in [5.74, 6) is 0.897. The zero-order valence-electron chi connectivity index (χ0n) is 16.0. The minimum absolute atomic E-state index is 0.233. The van der Waals surface area contributed by atoms with Crippen LogP contribution >= 0.6 is 0 Å². The zero-order chi connectivity index (χ0) is 19.9. The molecule has 3 heterocycles. The molecule has 1 saturated heterocycles. The Balaban J connectivity index is 1.36. The molecule has 0 radical (unpaired) electrons. The summed E-state index contributed by atoms with van der Waals surface area (Å²) in [4.78, 5) is 23.2. The Kier molecular flexibility index (Phi) is 5.97. The van der Waals surface area contributed by atoms with Crippen LogP contribution in [0.15, 0.2) is 67.1 Å². The van der Waals surface area contributed by atoms with Crippen LogP contribution in [0.1, 0.15) is 15.9 Å². The van der Waals surface area contributed by atoms with Crippen LogP contribution in [0, 0.1) is 0 Å². The lowest BCUT2D eigenvalue weighted by molar-refractivity contribution is 0.102. The van der Waals surface area contributed by atoms with E-state index < -0.39 is 0 Å². The first kappa shape index (κ1) is 18.9. The lowest BCUT2D eigenvalue weighted by atomic mass is 10.2. The van der Waals surface area contributed by atoms with E-state index in [-0.39, 0.29) is 5.91 Å². The van der Waals surface area contributed by atoms with Gasteiger partial charge in [0.1, 0.15) is 18.2 Å². The number of carbonyl (C=O) groups is 1. The predicted molar refractivity (Wildman–Crippen MR) is 110 cm³/mol. The molecule has 2 aromatic heterocycles. The molecule has 3 aromatic rings. The SMILES string of the molecule is O=C(Nc1ccc(N2CCOCC2)cn1)c1cccc(OCc2cccnc2)c1. The first-order valence-corrected chi connectivity index (χ1v) is 9.50. The second-order valence-corrected chi connectivity index (χ2v) is 6.63. The highest BCUT2D eigenvalue weighted by Crippen LogP contribution is 2.19. The summed E-state index contributed by atoms with van der Waals surface area (Å²) < 4.78 is 11.1. The lowest BCUT2D eigenvalue weighted by Gasteiger charge is -2.28. The summed E-state index contributed by atoms with van der Waals surface area (Å²) in [6, 6.07) is 14.6. The molecule has 4 rings (SSSR count). The Labute approximate surface area is 169 Å². The minimum atomic E-state index is -0.233. The van der Waals surface area contributed by atoms with Gasteiger partial charge in [-0.15, -0.1) is 0 Å². The number of carbonyl (C=O) groups excluding carboxylic acids is 1. The zero-order valence-corrected chi connectivity index (χ0v) is 16.0. The van der Waals surface area contributed by atoms with E-state index in [1.165, 1.54) is 0 Å². The van der Waals surface area contributed by atoms with Gasteiger partial charge in [-0.2, -0.15) is 0 Å². The number of hydrogen-bond donors (Lipinski definition) is 1. The molecule has 0 aliphatic carbocycles. The highest BCUT2D eigenvalue weighted by atomic mass is 16.5. The number of aromatic nitrogens is 2. The number of benzene rings is 1. The predicted octanol–water partition coefficient (Wildman–Crippen LogP) is 3.14. The number of pyridine rings is 2. The fraction of sp³-hybridized carbons (Fsp3) is 0.227. The Morgan fingerprint density at radius 3 is 2.76 bits per heavy atom. The molecular formula is C22H22N4O3. The molecule has 7 nitrogen and oxygen atoms in total. The van der Waals surface area contributed by atoms with Crippen molar-refractivity contribution >= 4 is 17.4 Å². The third-order valence-electron chi connectivity index (χ3n) is 4.59. The van der Waals surface area contributed by atoms with Crippen molar-refractivity contribution in [3.63, 3.8) is 0 Å². The summed E-state index contributed by atoms with van der Waals surface area (Å²) >= 11 is 0. The smallest absolute Gasteiger partial charge is 0.256 e. The number of amides is 1. The Morgan fingerprint density at radius 1 is 1.10 bits per heavy atom. The summed E-state index contributed by atoms with van der Waals surface area (Å²) in [6.45, 7) is 3.53. The second-order valence-electron chi connectivity index (χ2n) is 6.63. The van der Waals surface area contributed by atoms with Crippen LogP contribution in [0.5, 0.6) is 5.75 Å². The van der Waals surface area contributed by atoms with Gasteiger partial charge < -0.3 is 19.7 Å². The van der Waals surface area contributed by atoms with E-state index in [4.69, 9.17) is 9.47 Å². The maximum Gasteiger partial charge on any atom is 0.256 e. The average molecular weight is 390 g/mol. The molecule has 1 N–H and O–H groups in total. The lowest BCUT2D eigenvalue weighted by Crippen LogP contribution is -2.36. The van der Waals surface area contributed by atoms with E-state index in [1.807, 2.05) is 30.3 Å². The number of morpholine rings is 1. The number of anilines is 2. The molecular weight excluding hydrogens is 368 g/mol. The molecule has 1 aromatic carbocycles. The number of hydrogen-bond acceptors (Lipinski definition) is 6. The average Bonchev–Trinajstić information content (AvgIpc) is 2.80. The molecule has 0 saturated carbocycles. The molecule has 0 spiro atoms. The van der Waals surface area contributed by atoms with E-state index in [9.17, 15) is 4.79 Å². The fourth-order valence-corrected chi connectivity index (χ4v) is 3.03. The number of ether oxygens (including phenoxy) is 2. The van der Waals surface area contributed by atoms with Gasteiger partial charge in [0, 0.05) is 36.6 Å². The van der Waals surface area contributed by atoms with E-state index >= 15 is 0 Å². The highest BCUT2D eigenvalue weighted by Gasteiger charge is 2.12. The maximum atomic E-state index is 12.6. The number of nitrogens with zero attached hydrogens (tertiary/aromatic N) is 3. The molecule has 1 amide bonds. The summed E-state index contributed by atoms with van der Waals surface area (Å²) in [6.07, 6.45) is 5.24. The van der Waals surface area contributed by atoms with Gasteiger partial charge in [0.15, 0.2) is 0 Å². The molecule has 0 bridgehead atoms. The van der Waals surface area contributed by atoms with E-state index in [0.717, 1.165) is 37.6 Å². The summed E-state index contributed by atoms with van der Waals surface area (Å²) in [7, 11) is 0. The van der Waals surface area contributed by atoms with Gasteiger partial charge in [0.25, 0.3) is 5.91 Å². The minimum Gasteiger partial charge on any atom is -0.489 e. The fourth-order valence-electron chi connectivity index (χ4n) is 3.03. The third kappa shape index (κ3) is 5.08.